The van der Waals surface area contributed by atoms with Crippen molar-refractivity contribution in [1.82, 2.24) is 36.1 Å². The highest BCUT2D eigenvalue weighted by atomic mass is 35.5. The molecule has 4 unspecified atom stereocenters. The first kappa shape index (κ1) is 51.1. The van der Waals surface area contributed by atoms with Crippen LogP contribution in [-0.4, -0.2) is 116 Å². The van der Waals surface area contributed by atoms with E-state index in [1.54, 1.807) is 61.5 Å². The topological polar surface area (TPSA) is 292 Å². The van der Waals surface area contributed by atoms with Crippen molar-refractivity contribution in [3.05, 3.63) is 88.2 Å². The number of hydrogen-bond donors (Lipinski definition) is 7. The summed E-state index contributed by atoms with van der Waals surface area (Å²) in [5, 5.41) is 20.2. The predicted octanol–water partition coefficient (Wildman–Crippen LogP) is 2.46. The number of carbonyl (C=O) groups is 5. The molecule has 0 radical (unpaired) electrons. The molecule has 4 bridgehead atoms. The molecule has 2 heterocycles. The van der Waals surface area contributed by atoms with Gasteiger partial charge in [-0.05, 0) is 86.8 Å². The molecular formula is C47H58ClN11O8. The summed E-state index contributed by atoms with van der Waals surface area (Å²) in [5.74, 6) is -1.86. The average molecular weight is 941 g/mol. The maximum absolute atomic E-state index is 14.7. The van der Waals surface area contributed by atoms with Gasteiger partial charge in [-0.3, -0.25) is 24.0 Å². The molecule has 4 aromatic rings. The molecule has 10 N–H and O–H groups in total. The van der Waals surface area contributed by atoms with Crippen LogP contribution in [0, 0.1) is 18.3 Å². The van der Waals surface area contributed by atoms with Crippen molar-refractivity contribution in [1.29, 1.82) is 5.26 Å². The number of ether oxygens (including phenoxy) is 3. The SMILES string of the molecule is CCCCOc1ccc(-c2ncc(C(=O)NC(CCN)C(=O)N(C)C3C(=O)NC(C)C(=O)NC(C(=O)NCC#N)Cc4ccc(OCCN)c(c4)-c4cc3ccc4OCCN)c(C)n2)cc1Cl. The number of carbonyl (C=O) groups excluding carboxylic acids is 5. The molecule has 356 valence electrons. The zero-order valence-corrected chi connectivity index (χ0v) is 38.8. The molecule has 4 atom stereocenters. The van der Waals surface area contributed by atoms with Crippen LogP contribution in [0.4, 0.5) is 0 Å². The summed E-state index contributed by atoms with van der Waals surface area (Å²) in [6.45, 7) is 5.96. The Hall–Kier alpha value is -6.85. The Morgan fingerprint density at radius 2 is 1.60 bits per heavy atom. The maximum atomic E-state index is 14.7. The van der Waals surface area contributed by atoms with E-state index in [1.807, 2.05) is 6.07 Å². The van der Waals surface area contributed by atoms with Crippen molar-refractivity contribution in [2.24, 2.45) is 17.2 Å². The van der Waals surface area contributed by atoms with Gasteiger partial charge in [0.1, 0.15) is 61.2 Å². The van der Waals surface area contributed by atoms with E-state index < -0.39 is 53.7 Å². The molecule has 67 heavy (non-hydrogen) atoms. The van der Waals surface area contributed by atoms with Gasteiger partial charge in [0, 0.05) is 49.4 Å². The predicted molar refractivity (Wildman–Crippen MR) is 251 cm³/mol. The molecule has 19 nitrogen and oxygen atoms in total. The summed E-state index contributed by atoms with van der Waals surface area (Å²) in [7, 11) is 1.40. The summed E-state index contributed by atoms with van der Waals surface area (Å²) in [4.78, 5) is 80.4. The minimum atomic E-state index is -1.42. The number of aryl methyl sites for hydroxylation is 1. The molecule has 0 saturated carbocycles. The molecule has 1 aromatic heterocycles. The number of nitriles is 1. The van der Waals surface area contributed by atoms with E-state index >= 15 is 0 Å². The van der Waals surface area contributed by atoms with E-state index in [9.17, 15) is 24.0 Å². The number of nitrogens with two attached hydrogens (primary N) is 3. The van der Waals surface area contributed by atoms with Crippen LogP contribution >= 0.6 is 11.6 Å². The fourth-order valence-electron chi connectivity index (χ4n) is 7.28. The fourth-order valence-corrected chi connectivity index (χ4v) is 7.51. The van der Waals surface area contributed by atoms with Crippen molar-refractivity contribution in [3.63, 3.8) is 0 Å². The Balaban J connectivity index is 1.53. The number of halogens is 1. The monoisotopic (exact) mass is 939 g/mol. The number of aromatic nitrogens is 2. The number of likely N-dealkylation sites (N-methyl/N-ethyl adjacent to an activating group) is 1. The summed E-state index contributed by atoms with van der Waals surface area (Å²) in [6.07, 6.45) is 3.18. The van der Waals surface area contributed by atoms with E-state index in [4.69, 9.17) is 48.3 Å². The second-order valence-electron chi connectivity index (χ2n) is 15.7. The van der Waals surface area contributed by atoms with Crippen molar-refractivity contribution >= 4 is 41.1 Å². The molecule has 1 aliphatic rings. The van der Waals surface area contributed by atoms with Crippen LogP contribution in [0.1, 0.15) is 66.3 Å². The lowest BCUT2D eigenvalue weighted by molar-refractivity contribution is -0.141. The standard InChI is InChI=1S/C47H58ClN11O8/c1-5-6-19-65-40-12-9-31(25-35(40)48)42-54-26-34(27(2)55-42)44(61)57-36(13-14-49)47(64)59(4)41-30-8-11-39(67-21-17-52)33(24-30)32-22-29(7-10-38(32)66-20-16-51)23-37(45(62)53-18-15-50)58-43(60)28(3)56-46(41)63/h7-12,22,24-26,28,36-37,41H,5-6,13-14,16-21,23,49,51-52H2,1-4H3,(H,53,62)(H,56,63)(H,57,61)(H,58,60). The minimum absolute atomic E-state index is 0.00578. The van der Waals surface area contributed by atoms with Gasteiger partial charge in [0.15, 0.2) is 5.82 Å². The Labute approximate surface area is 394 Å². The normalized spacial score (nSPS) is 16.3. The zero-order valence-electron chi connectivity index (χ0n) is 38.0. The lowest BCUT2D eigenvalue weighted by atomic mass is 9.93. The van der Waals surface area contributed by atoms with Gasteiger partial charge in [-0.25, -0.2) is 9.97 Å². The van der Waals surface area contributed by atoms with Crippen LogP contribution in [0.15, 0.2) is 60.8 Å². The number of rotatable bonds is 19. The third-order valence-electron chi connectivity index (χ3n) is 10.8. The van der Waals surface area contributed by atoms with E-state index in [0.29, 0.717) is 68.2 Å². The van der Waals surface area contributed by atoms with Gasteiger partial charge in [-0.15, -0.1) is 0 Å². The lowest BCUT2D eigenvalue weighted by Crippen LogP contribution is -2.56. The van der Waals surface area contributed by atoms with Gasteiger partial charge in [0.25, 0.3) is 5.91 Å². The summed E-state index contributed by atoms with van der Waals surface area (Å²) in [5.41, 5.74) is 20.5. The molecule has 5 rings (SSSR count). The molecule has 0 fully saturated rings. The van der Waals surface area contributed by atoms with Crippen molar-refractivity contribution in [3.8, 4) is 45.8 Å². The van der Waals surface area contributed by atoms with Gasteiger partial charge < -0.3 is 57.6 Å². The van der Waals surface area contributed by atoms with Crippen LogP contribution in [0.3, 0.4) is 0 Å². The molecular weight excluding hydrogens is 882 g/mol. The van der Waals surface area contributed by atoms with Crippen molar-refractivity contribution < 1.29 is 38.2 Å². The highest BCUT2D eigenvalue weighted by Crippen LogP contribution is 2.40. The first-order valence-corrected chi connectivity index (χ1v) is 22.3. The zero-order chi connectivity index (χ0) is 48.6. The smallest absolute Gasteiger partial charge is 0.255 e. The highest BCUT2D eigenvalue weighted by Gasteiger charge is 2.36. The Morgan fingerprint density at radius 1 is 0.925 bits per heavy atom. The summed E-state index contributed by atoms with van der Waals surface area (Å²) in [6, 6.07) is 12.1. The second-order valence-corrected chi connectivity index (χ2v) is 16.1. The lowest BCUT2D eigenvalue weighted by Gasteiger charge is -2.32. The van der Waals surface area contributed by atoms with Gasteiger partial charge in [-0.1, -0.05) is 37.1 Å². The van der Waals surface area contributed by atoms with Crippen molar-refractivity contribution in [2.45, 2.75) is 70.6 Å². The largest absolute Gasteiger partial charge is 0.492 e. The number of fused-ring (bicyclic) bond motifs is 5. The Bertz CT molecular complexity index is 2470. The molecule has 1 aliphatic heterocycles. The highest BCUT2D eigenvalue weighted by molar-refractivity contribution is 6.32. The van der Waals surface area contributed by atoms with Crippen LogP contribution in [0.5, 0.6) is 17.2 Å². The Morgan fingerprint density at radius 3 is 2.24 bits per heavy atom. The van der Waals surface area contributed by atoms with Gasteiger partial charge in [-0.2, -0.15) is 5.26 Å². The molecule has 3 aromatic carbocycles. The van der Waals surface area contributed by atoms with Gasteiger partial charge in [0.2, 0.25) is 23.6 Å². The van der Waals surface area contributed by atoms with Crippen LogP contribution in [0.2, 0.25) is 5.02 Å². The first-order chi connectivity index (χ1) is 32.2. The third-order valence-corrected chi connectivity index (χ3v) is 11.1. The van der Waals surface area contributed by atoms with E-state index in [1.165, 1.54) is 20.2 Å². The second kappa shape index (κ2) is 24.6. The van der Waals surface area contributed by atoms with Crippen LogP contribution in [0.25, 0.3) is 22.5 Å². The molecule has 20 heteroatoms. The molecule has 0 spiro atoms. The van der Waals surface area contributed by atoms with E-state index in [-0.39, 0.29) is 57.8 Å². The van der Waals surface area contributed by atoms with E-state index in [2.05, 4.69) is 38.2 Å². The quantitative estimate of drug-likeness (QED) is 0.0525. The van der Waals surface area contributed by atoms with Gasteiger partial charge >= 0.3 is 0 Å². The molecule has 0 saturated heterocycles. The molecule has 5 amide bonds. The number of hydrogen-bond acceptors (Lipinski definition) is 14. The van der Waals surface area contributed by atoms with E-state index in [0.717, 1.165) is 17.7 Å². The number of unbranched alkanes of at least 4 members (excludes halogenated alkanes) is 1. The number of nitrogens with zero attached hydrogens (tertiary/aromatic N) is 4. The average Bonchev–Trinajstić information content (AvgIpc) is 3.31. The molecule has 0 aliphatic carbocycles. The maximum Gasteiger partial charge on any atom is 0.255 e. The third kappa shape index (κ3) is 13.2. The van der Waals surface area contributed by atoms with Crippen LogP contribution < -0.4 is 52.7 Å². The Kier molecular flexibility index (Phi) is 18.8. The van der Waals surface area contributed by atoms with Gasteiger partial charge in [0.05, 0.1) is 29.0 Å². The summed E-state index contributed by atoms with van der Waals surface area (Å²) < 4.78 is 17.9. The number of amides is 5. The fraction of sp³-hybridized carbons (Fsp3) is 0.404. The van der Waals surface area contributed by atoms with Crippen molar-refractivity contribution in [2.75, 3.05) is 53.0 Å². The summed E-state index contributed by atoms with van der Waals surface area (Å²) >= 11 is 6.50. The van der Waals surface area contributed by atoms with Crippen LogP contribution in [-0.2, 0) is 25.6 Å². The first-order valence-electron chi connectivity index (χ1n) is 22.0. The minimum Gasteiger partial charge on any atom is -0.492 e. The number of nitrogens with one attached hydrogen (secondary N) is 4. The number of benzene rings is 3.